The van der Waals surface area contributed by atoms with Crippen molar-refractivity contribution in [3.8, 4) is 0 Å². The normalized spacial score (nSPS) is 9.90. The van der Waals surface area contributed by atoms with Gasteiger partial charge in [0, 0.05) is 19.2 Å². The maximum Gasteiger partial charge on any atom is 0.307 e. The molecule has 0 saturated carbocycles. The van der Waals surface area contributed by atoms with Gasteiger partial charge in [0.2, 0.25) is 5.91 Å². The molecule has 0 unspecified atom stereocenters. The van der Waals surface area contributed by atoms with E-state index in [0.29, 0.717) is 6.54 Å². The van der Waals surface area contributed by atoms with Gasteiger partial charge < -0.3 is 9.64 Å². The molecule has 0 aliphatic heterocycles. The van der Waals surface area contributed by atoms with Gasteiger partial charge in [-0.1, -0.05) is 17.7 Å². The highest BCUT2D eigenvalue weighted by Gasteiger charge is 2.14. The highest BCUT2D eigenvalue weighted by molar-refractivity contribution is 5.88. The molecule has 1 aromatic rings. The standard InChI is InChI=1S/C16H20FNO3/c1-12(2)10-15(19)18(9-8-16(20)21-3)11-13-4-6-14(17)7-5-13/h4-7,10H,8-9,11H2,1-3H3. The van der Waals surface area contributed by atoms with Crippen LogP contribution in [0.3, 0.4) is 0 Å². The summed E-state index contributed by atoms with van der Waals surface area (Å²) in [5.74, 6) is -0.872. The van der Waals surface area contributed by atoms with Gasteiger partial charge in [0.15, 0.2) is 0 Å². The van der Waals surface area contributed by atoms with E-state index in [2.05, 4.69) is 4.74 Å². The van der Waals surface area contributed by atoms with Crippen LogP contribution in [0.25, 0.3) is 0 Å². The molecule has 0 atom stereocenters. The van der Waals surface area contributed by atoms with Crippen molar-refractivity contribution in [3.05, 3.63) is 47.3 Å². The molecule has 0 aliphatic carbocycles. The number of nitrogens with zero attached hydrogens (tertiary/aromatic N) is 1. The first-order chi connectivity index (χ1) is 9.92. The van der Waals surface area contributed by atoms with Gasteiger partial charge in [-0.25, -0.2) is 4.39 Å². The Hall–Kier alpha value is -2.17. The van der Waals surface area contributed by atoms with E-state index in [-0.39, 0.29) is 30.7 Å². The lowest BCUT2D eigenvalue weighted by molar-refractivity contribution is -0.141. The molecule has 0 radical (unpaired) electrons. The summed E-state index contributed by atoms with van der Waals surface area (Å²) in [6, 6.07) is 5.94. The average molecular weight is 293 g/mol. The van der Waals surface area contributed by atoms with Gasteiger partial charge in [0.1, 0.15) is 5.82 Å². The minimum Gasteiger partial charge on any atom is -0.469 e. The molecule has 0 saturated heterocycles. The zero-order chi connectivity index (χ0) is 15.8. The summed E-state index contributed by atoms with van der Waals surface area (Å²) in [6.45, 7) is 4.23. The molecule has 0 fully saturated rings. The van der Waals surface area contributed by atoms with Crippen molar-refractivity contribution in [2.45, 2.75) is 26.8 Å². The molecular weight excluding hydrogens is 273 g/mol. The van der Waals surface area contributed by atoms with Gasteiger partial charge in [0.25, 0.3) is 0 Å². The number of benzene rings is 1. The van der Waals surface area contributed by atoms with E-state index in [0.717, 1.165) is 11.1 Å². The van der Waals surface area contributed by atoms with Crippen molar-refractivity contribution in [3.63, 3.8) is 0 Å². The van der Waals surface area contributed by atoms with Crippen molar-refractivity contribution >= 4 is 11.9 Å². The third-order valence-corrected chi connectivity index (χ3v) is 2.82. The Kier molecular flexibility index (Phi) is 6.59. The molecule has 4 nitrogen and oxygen atoms in total. The van der Waals surface area contributed by atoms with Crippen molar-refractivity contribution in [1.82, 2.24) is 4.90 Å². The van der Waals surface area contributed by atoms with Crippen LogP contribution in [0.2, 0.25) is 0 Å². The second-order valence-electron chi connectivity index (χ2n) is 4.93. The Balaban J connectivity index is 2.80. The summed E-state index contributed by atoms with van der Waals surface area (Å²) < 4.78 is 17.5. The Morgan fingerprint density at radius 2 is 1.86 bits per heavy atom. The van der Waals surface area contributed by atoms with Crippen LogP contribution in [-0.2, 0) is 20.9 Å². The number of amides is 1. The van der Waals surface area contributed by atoms with Crippen molar-refractivity contribution in [2.75, 3.05) is 13.7 Å². The lowest BCUT2D eigenvalue weighted by atomic mass is 10.2. The molecule has 5 heteroatoms. The molecule has 114 valence electrons. The van der Waals surface area contributed by atoms with Crippen LogP contribution in [0.5, 0.6) is 0 Å². The molecular formula is C16H20FNO3. The van der Waals surface area contributed by atoms with Crippen LogP contribution in [0.1, 0.15) is 25.8 Å². The highest BCUT2D eigenvalue weighted by atomic mass is 19.1. The number of hydrogen-bond donors (Lipinski definition) is 0. The van der Waals surface area contributed by atoms with Crippen LogP contribution < -0.4 is 0 Å². The number of carbonyl (C=O) groups is 2. The SMILES string of the molecule is COC(=O)CCN(Cc1ccc(F)cc1)C(=O)C=C(C)C. The van der Waals surface area contributed by atoms with Gasteiger partial charge in [0.05, 0.1) is 13.5 Å². The van der Waals surface area contributed by atoms with E-state index in [9.17, 15) is 14.0 Å². The van der Waals surface area contributed by atoms with Crippen molar-refractivity contribution < 1.29 is 18.7 Å². The predicted octanol–water partition coefficient (Wildman–Crippen LogP) is 2.68. The highest BCUT2D eigenvalue weighted by Crippen LogP contribution is 2.09. The number of allylic oxidation sites excluding steroid dienone is 1. The molecule has 0 N–H and O–H groups in total. The first-order valence-corrected chi connectivity index (χ1v) is 6.67. The summed E-state index contributed by atoms with van der Waals surface area (Å²) in [4.78, 5) is 24.9. The monoisotopic (exact) mass is 293 g/mol. The molecule has 1 aromatic carbocycles. The van der Waals surface area contributed by atoms with Crippen LogP contribution in [0.15, 0.2) is 35.9 Å². The maximum atomic E-state index is 12.9. The van der Waals surface area contributed by atoms with E-state index >= 15 is 0 Å². The van der Waals surface area contributed by atoms with Crippen molar-refractivity contribution in [2.24, 2.45) is 0 Å². The number of methoxy groups -OCH3 is 1. The lowest BCUT2D eigenvalue weighted by Gasteiger charge is -2.21. The molecule has 0 spiro atoms. The minimum absolute atomic E-state index is 0.125. The van der Waals surface area contributed by atoms with E-state index in [1.807, 2.05) is 13.8 Å². The molecule has 1 rings (SSSR count). The molecule has 21 heavy (non-hydrogen) atoms. The van der Waals surface area contributed by atoms with E-state index < -0.39 is 0 Å². The Morgan fingerprint density at radius 3 is 2.38 bits per heavy atom. The second-order valence-corrected chi connectivity index (χ2v) is 4.93. The molecule has 1 amide bonds. The quantitative estimate of drug-likeness (QED) is 0.598. The number of esters is 1. The molecule has 0 heterocycles. The summed E-state index contributed by atoms with van der Waals surface area (Å²) in [5.41, 5.74) is 1.68. The van der Waals surface area contributed by atoms with Crippen molar-refractivity contribution in [1.29, 1.82) is 0 Å². The van der Waals surface area contributed by atoms with E-state index in [1.54, 1.807) is 12.1 Å². The Bertz CT molecular complexity index is 519. The predicted molar refractivity (Wildman–Crippen MR) is 77.9 cm³/mol. The molecule has 0 bridgehead atoms. The summed E-state index contributed by atoms with van der Waals surface area (Å²) in [7, 11) is 1.31. The zero-order valence-electron chi connectivity index (χ0n) is 12.6. The molecule has 0 aromatic heterocycles. The number of ether oxygens (including phenoxy) is 1. The first-order valence-electron chi connectivity index (χ1n) is 6.67. The third kappa shape index (κ3) is 6.21. The zero-order valence-corrected chi connectivity index (χ0v) is 12.6. The third-order valence-electron chi connectivity index (χ3n) is 2.82. The van der Waals surface area contributed by atoms with E-state index in [4.69, 9.17) is 0 Å². The number of halogens is 1. The smallest absolute Gasteiger partial charge is 0.307 e. The van der Waals surface area contributed by atoms with Gasteiger partial charge in [-0.3, -0.25) is 9.59 Å². The topological polar surface area (TPSA) is 46.6 Å². The van der Waals surface area contributed by atoms with Crippen LogP contribution in [0.4, 0.5) is 4.39 Å². The minimum atomic E-state index is -0.371. The van der Waals surface area contributed by atoms with Gasteiger partial charge in [-0.05, 0) is 31.5 Å². The Labute approximate surface area is 124 Å². The summed E-state index contributed by atoms with van der Waals surface area (Å²) in [5, 5.41) is 0. The summed E-state index contributed by atoms with van der Waals surface area (Å²) >= 11 is 0. The van der Waals surface area contributed by atoms with Crippen LogP contribution in [-0.4, -0.2) is 30.4 Å². The maximum absolute atomic E-state index is 12.9. The largest absolute Gasteiger partial charge is 0.469 e. The first kappa shape index (κ1) is 16.9. The average Bonchev–Trinajstić information content (AvgIpc) is 2.44. The second kappa shape index (κ2) is 8.19. The lowest BCUT2D eigenvalue weighted by Crippen LogP contribution is -2.31. The van der Waals surface area contributed by atoms with Gasteiger partial charge >= 0.3 is 5.97 Å². The van der Waals surface area contributed by atoms with Crippen LogP contribution >= 0.6 is 0 Å². The molecule has 0 aliphatic rings. The van der Waals surface area contributed by atoms with Gasteiger partial charge in [-0.15, -0.1) is 0 Å². The number of hydrogen-bond acceptors (Lipinski definition) is 3. The fourth-order valence-electron chi connectivity index (χ4n) is 1.74. The van der Waals surface area contributed by atoms with Gasteiger partial charge in [-0.2, -0.15) is 0 Å². The van der Waals surface area contributed by atoms with E-state index in [1.165, 1.54) is 30.2 Å². The number of rotatable bonds is 6. The Morgan fingerprint density at radius 1 is 1.24 bits per heavy atom. The fraction of sp³-hybridized carbons (Fsp3) is 0.375. The fourth-order valence-corrected chi connectivity index (χ4v) is 1.74. The summed E-state index contributed by atoms with van der Waals surface area (Å²) in [6.07, 6.45) is 1.64. The number of carbonyl (C=O) groups excluding carboxylic acids is 2. The van der Waals surface area contributed by atoms with Crippen LogP contribution in [0, 0.1) is 5.82 Å².